The number of aliphatic imine (C=N–C) groups is 1. The smallest absolute Gasteiger partial charge is 0.191 e. The van der Waals surface area contributed by atoms with Crippen molar-refractivity contribution in [1.82, 2.24) is 15.5 Å². The van der Waals surface area contributed by atoms with Gasteiger partial charge in [0.15, 0.2) is 5.96 Å². The topological polar surface area (TPSA) is 48.9 Å². The third kappa shape index (κ3) is 10.7. The van der Waals surface area contributed by atoms with Crippen molar-refractivity contribution < 1.29 is 4.74 Å². The number of halogens is 1. The second kappa shape index (κ2) is 15.4. The van der Waals surface area contributed by atoms with Gasteiger partial charge in [0.05, 0.1) is 6.10 Å². The summed E-state index contributed by atoms with van der Waals surface area (Å²) in [4.78, 5) is 6.64. The highest BCUT2D eigenvalue weighted by molar-refractivity contribution is 14.0. The van der Waals surface area contributed by atoms with Gasteiger partial charge in [0.25, 0.3) is 0 Å². The maximum atomic E-state index is 5.88. The number of likely N-dealkylation sites (N-methyl/N-ethyl adjacent to an activating group) is 1. The quantitative estimate of drug-likeness (QED) is 0.229. The van der Waals surface area contributed by atoms with Gasteiger partial charge in [-0.1, -0.05) is 44.2 Å². The van der Waals surface area contributed by atoms with Crippen molar-refractivity contribution >= 4 is 29.9 Å². The Bertz CT molecular complexity index is 452. The van der Waals surface area contributed by atoms with E-state index in [-0.39, 0.29) is 30.1 Å². The summed E-state index contributed by atoms with van der Waals surface area (Å²) in [6, 6.07) is 10.3. The van der Waals surface area contributed by atoms with Crippen molar-refractivity contribution in [3.05, 3.63) is 35.9 Å². The van der Waals surface area contributed by atoms with Crippen LogP contribution in [0.1, 0.15) is 38.9 Å². The average Bonchev–Trinajstić information content (AvgIpc) is 2.63. The van der Waals surface area contributed by atoms with Crippen molar-refractivity contribution in [3.63, 3.8) is 0 Å². The van der Waals surface area contributed by atoms with Crippen LogP contribution in [0.15, 0.2) is 35.3 Å². The van der Waals surface area contributed by atoms with Crippen LogP contribution >= 0.6 is 24.0 Å². The molecule has 0 radical (unpaired) electrons. The Morgan fingerprint density at radius 1 is 1.12 bits per heavy atom. The van der Waals surface area contributed by atoms with E-state index in [1.54, 1.807) is 7.05 Å². The Kier molecular flexibility index (Phi) is 14.9. The molecule has 0 aliphatic heterocycles. The first kappa shape index (κ1) is 24.1. The number of nitrogens with one attached hydrogen (secondary N) is 2. The lowest BCUT2D eigenvalue weighted by Crippen LogP contribution is -2.42. The average molecular weight is 462 g/mol. The summed E-state index contributed by atoms with van der Waals surface area (Å²) in [5.41, 5.74) is 1.22. The van der Waals surface area contributed by atoms with E-state index >= 15 is 0 Å². The molecule has 0 heterocycles. The molecule has 2 N–H and O–H groups in total. The highest BCUT2D eigenvalue weighted by Crippen LogP contribution is 2.15. The summed E-state index contributed by atoms with van der Waals surface area (Å²) in [5, 5.41) is 6.68. The Morgan fingerprint density at radius 2 is 1.76 bits per heavy atom. The van der Waals surface area contributed by atoms with Gasteiger partial charge in [0.1, 0.15) is 0 Å². The fraction of sp³-hybridized carbons (Fsp3) is 0.632. The van der Waals surface area contributed by atoms with Crippen molar-refractivity contribution in [1.29, 1.82) is 0 Å². The van der Waals surface area contributed by atoms with E-state index < -0.39 is 0 Å². The van der Waals surface area contributed by atoms with Crippen molar-refractivity contribution in [2.24, 2.45) is 4.99 Å². The molecule has 0 saturated carbocycles. The molecule has 1 unspecified atom stereocenters. The highest BCUT2D eigenvalue weighted by atomic mass is 127. The van der Waals surface area contributed by atoms with Gasteiger partial charge < -0.3 is 20.3 Å². The zero-order chi connectivity index (χ0) is 17.6. The minimum Gasteiger partial charge on any atom is -0.374 e. The number of nitrogens with zero attached hydrogens (tertiary/aromatic N) is 2. The number of rotatable bonds is 11. The van der Waals surface area contributed by atoms with Gasteiger partial charge in [0, 0.05) is 33.3 Å². The summed E-state index contributed by atoms with van der Waals surface area (Å²) < 4.78 is 5.88. The van der Waals surface area contributed by atoms with Crippen LogP contribution in [0.3, 0.4) is 0 Å². The van der Waals surface area contributed by atoms with Gasteiger partial charge in [-0.3, -0.25) is 4.99 Å². The van der Waals surface area contributed by atoms with Crippen LogP contribution in [-0.2, 0) is 4.74 Å². The molecule has 5 nitrogen and oxygen atoms in total. The van der Waals surface area contributed by atoms with Crippen LogP contribution < -0.4 is 10.6 Å². The summed E-state index contributed by atoms with van der Waals surface area (Å²) >= 11 is 0. The zero-order valence-corrected chi connectivity index (χ0v) is 18.5. The summed E-state index contributed by atoms with van der Waals surface area (Å²) in [7, 11) is 1.81. The second-order valence-corrected chi connectivity index (χ2v) is 5.73. The van der Waals surface area contributed by atoms with Gasteiger partial charge in [-0.05, 0) is 32.0 Å². The van der Waals surface area contributed by atoms with Crippen molar-refractivity contribution in [2.45, 2.75) is 33.3 Å². The van der Waals surface area contributed by atoms with E-state index in [1.165, 1.54) is 5.56 Å². The molecular formula is C19H35IN4O. The minimum atomic E-state index is 0. The molecule has 1 aromatic rings. The lowest BCUT2D eigenvalue weighted by atomic mass is 10.1. The number of hydrogen-bond donors (Lipinski definition) is 2. The molecule has 0 bridgehead atoms. The van der Waals surface area contributed by atoms with Gasteiger partial charge in [0.2, 0.25) is 0 Å². The Balaban J connectivity index is 0.00000576. The molecule has 6 heteroatoms. The number of benzene rings is 1. The fourth-order valence-corrected chi connectivity index (χ4v) is 2.45. The van der Waals surface area contributed by atoms with Gasteiger partial charge in [-0.2, -0.15) is 0 Å². The summed E-state index contributed by atoms with van der Waals surface area (Å²) in [6.45, 7) is 12.2. The third-order valence-electron chi connectivity index (χ3n) is 4.09. The van der Waals surface area contributed by atoms with Crippen LogP contribution in [0.5, 0.6) is 0 Å². The molecular weight excluding hydrogens is 427 g/mol. The molecule has 0 saturated heterocycles. The molecule has 0 amide bonds. The first-order chi connectivity index (χ1) is 11.7. The molecule has 0 fully saturated rings. The van der Waals surface area contributed by atoms with Crippen LogP contribution in [0, 0.1) is 0 Å². The molecule has 0 aliphatic carbocycles. The first-order valence-electron chi connectivity index (χ1n) is 9.04. The number of guanidine groups is 1. The molecule has 144 valence electrons. The maximum Gasteiger partial charge on any atom is 0.191 e. The third-order valence-corrected chi connectivity index (χ3v) is 4.09. The standard InChI is InChI=1S/C19H34N4O.HI/c1-5-23(6-2)15-14-22-19(20-4)21-13-10-16-24-17(3)18-11-8-7-9-12-18;/h7-9,11-12,17H,5-6,10,13-16H2,1-4H3,(H2,20,21,22);1H. The molecule has 25 heavy (non-hydrogen) atoms. The van der Waals surface area contributed by atoms with E-state index in [2.05, 4.69) is 53.4 Å². The molecule has 0 aromatic heterocycles. The molecule has 1 atom stereocenters. The normalized spacial score (nSPS) is 12.6. The fourth-order valence-electron chi connectivity index (χ4n) is 2.45. The van der Waals surface area contributed by atoms with Crippen LogP contribution in [0.4, 0.5) is 0 Å². The largest absolute Gasteiger partial charge is 0.374 e. The maximum absolute atomic E-state index is 5.88. The van der Waals surface area contributed by atoms with Gasteiger partial charge in [-0.25, -0.2) is 0 Å². The molecule has 1 aromatic carbocycles. The van der Waals surface area contributed by atoms with E-state index in [4.69, 9.17) is 4.74 Å². The van der Waals surface area contributed by atoms with Gasteiger partial charge in [-0.15, -0.1) is 24.0 Å². The highest BCUT2D eigenvalue weighted by Gasteiger charge is 2.04. The zero-order valence-electron chi connectivity index (χ0n) is 16.1. The van der Waals surface area contributed by atoms with E-state index in [1.807, 2.05) is 18.2 Å². The number of hydrogen-bond acceptors (Lipinski definition) is 3. The minimum absolute atomic E-state index is 0. The van der Waals surface area contributed by atoms with Crippen LogP contribution in [-0.4, -0.2) is 57.2 Å². The second-order valence-electron chi connectivity index (χ2n) is 5.73. The Hall–Kier alpha value is -0.860. The van der Waals surface area contributed by atoms with Crippen LogP contribution in [0.25, 0.3) is 0 Å². The SMILES string of the molecule is CCN(CC)CCNC(=NC)NCCCOC(C)c1ccccc1.I. The first-order valence-corrected chi connectivity index (χ1v) is 9.04. The Labute approximate surface area is 170 Å². The van der Waals surface area contributed by atoms with Gasteiger partial charge >= 0.3 is 0 Å². The molecule has 1 rings (SSSR count). The summed E-state index contributed by atoms with van der Waals surface area (Å²) in [6.07, 6.45) is 1.09. The Morgan fingerprint density at radius 3 is 2.36 bits per heavy atom. The van der Waals surface area contributed by atoms with Crippen molar-refractivity contribution in [3.8, 4) is 0 Å². The number of ether oxygens (including phenoxy) is 1. The van der Waals surface area contributed by atoms with Crippen LogP contribution in [0.2, 0.25) is 0 Å². The lowest BCUT2D eigenvalue weighted by molar-refractivity contribution is 0.0646. The van der Waals surface area contributed by atoms with E-state index in [0.29, 0.717) is 0 Å². The molecule has 0 spiro atoms. The lowest BCUT2D eigenvalue weighted by Gasteiger charge is -2.19. The van der Waals surface area contributed by atoms with E-state index in [9.17, 15) is 0 Å². The molecule has 0 aliphatic rings. The van der Waals surface area contributed by atoms with E-state index in [0.717, 1.165) is 51.7 Å². The van der Waals surface area contributed by atoms with Crippen molar-refractivity contribution in [2.75, 3.05) is 46.4 Å². The predicted octanol–water partition coefficient (Wildman–Crippen LogP) is 3.28. The predicted molar refractivity (Wildman–Crippen MR) is 118 cm³/mol. The summed E-state index contributed by atoms with van der Waals surface area (Å²) in [5.74, 6) is 0.860. The monoisotopic (exact) mass is 462 g/mol.